The van der Waals surface area contributed by atoms with Crippen molar-refractivity contribution >= 4 is 40.9 Å². The summed E-state index contributed by atoms with van der Waals surface area (Å²) in [4.78, 5) is 12.2. The third kappa shape index (κ3) is 3.57. The maximum atomic E-state index is 12.2. The van der Waals surface area contributed by atoms with Gasteiger partial charge in [0.2, 0.25) is 0 Å². The summed E-state index contributed by atoms with van der Waals surface area (Å²) in [6, 6.07) is 5.39. The van der Waals surface area contributed by atoms with Gasteiger partial charge < -0.3 is 15.1 Å². The largest absolute Gasteiger partial charge is 0.451 e. The molecule has 1 saturated heterocycles. The van der Waals surface area contributed by atoms with Crippen molar-refractivity contribution in [1.82, 2.24) is 10.6 Å². The molecule has 0 bridgehead atoms. The van der Waals surface area contributed by atoms with Gasteiger partial charge in [-0.1, -0.05) is 11.6 Å². The average Bonchev–Trinajstić information content (AvgIpc) is 3.08. The minimum Gasteiger partial charge on any atom is -0.451 e. The molecule has 1 atom stereocenters. The molecule has 2 N–H and O–H groups in total. The molecule has 0 spiro atoms. The predicted molar refractivity (Wildman–Crippen MR) is 91.1 cm³/mol. The molecule has 22 heavy (non-hydrogen) atoms. The van der Waals surface area contributed by atoms with Gasteiger partial charge in [-0.2, -0.15) is 0 Å². The molecule has 1 aromatic heterocycles. The summed E-state index contributed by atoms with van der Waals surface area (Å²) in [5, 5.41) is 7.82. The molecule has 1 fully saturated rings. The topological polar surface area (TPSA) is 54.3 Å². The zero-order chi connectivity index (χ0) is 14.8. The highest BCUT2D eigenvalue weighted by atomic mass is 35.5. The molecular weight excluding hydrogens is 323 g/mol. The smallest absolute Gasteiger partial charge is 0.287 e. The van der Waals surface area contributed by atoms with E-state index in [0.717, 1.165) is 30.5 Å². The molecule has 6 heteroatoms. The fraction of sp³-hybridized carbons (Fsp3) is 0.438. The van der Waals surface area contributed by atoms with Gasteiger partial charge in [0.05, 0.1) is 0 Å². The SMILES string of the molecule is Cc1c(C(=O)NCCC2CCNC2)oc2ccc(Cl)cc12.Cl. The molecule has 1 aliphatic rings. The standard InChI is InChI=1S/C16H19ClN2O2.ClH/c1-10-13-8-12(17)2-3-14(13)21-15(10)16(20)19-7-5-11-4-6-18-9-11;/h2-3,8,11,18H,4-7,9H2,1H3,(H,19,20);1H. The van der Waals surface area contributed by atoms with E-state index in [1.54, 1.807) is 12.1 Å². The van der Waals surface area contributed by atoms with Crippen molar-refractivity contribution in [2.45, 2.75) is 19.8 Å². The number of benzene rings is 1. The summed E-state index contributed by atoms with van der Waals surface area (Å²) in [5.41, 5.74) is 1.54. The quantitative estimate of drug-likeness (QED) is 0.893. The Balaban J connectivity index is 0.00000176. The first-order valence-corrected chi connectivity index (χ1v) is 7.70. The Morgan fingerprint density at radius 2 is 2.32 bits per heavy atom. The minimum atomic E-state index is -0.147. The number of nitrogens with one attached hydrogen (secondary N) is 2. The van der Waals surface area contributed by atoms with Crippen molar-refractivity contribution in [3.8, 4) is 0 Å². The lowest BCUT2D eigenvalue weighted by molar-refractivity contribution is 0.0925. The molecule has 0 aliphatic carbocycles. The number of carbonyl (C=O) groups excluding carboxylic acids is 1. The van der Waals surface area contributed by atoms with Crippen molar-refractivity contribution < 1.29 is 9.21 Å². The number of hydrogen-bond donors (Lipinski definition) is 2. The lowest BCUT2D eigenvalue weighted by Crippen LogP contribution is -2.26. The summed E-state index contributed by atoms with van der Waals surface area (Å²) in [7, 11) is 0. The van der Waals surface area contributed by atoms with Crippen LogP contribution in [0, 0.1) is 12.8 Å². The summed E-state index contributed by atoms with van der Waals surface area (Å²) in [5.74, 6) is 0.906. The Bertz CT molecular complexity index is 663. The molecule has 1 aromatic carbocycles. The molecule has 1 aliphatic heterocycles. The van der Waals surface area contributed by atoms with Gasteiger partial charge >= 0.3 is 0 Å². The zero-order valence-corrected chi connectivity index (χ0v) is 14.0. The maximum Gasteiger partial charge on any atom is 0.287 e. The number of amides is 1. The Labute approximate surface area is 141 Å². The first kappa shape index (κ1) is 17.1. The normalized spacial score (nSPS) is 17.5. The van der Waals surface area contributed by atoms with Crippen molar-refractivity contribution in [2.75, 3.05) is 19.6 Å². The van der Waals surface area contributed by atoms with E-state index < -0.39 is 0 Å². The van der Waals surface area contributed by atoms with E-state index in [-0.39, 0.29) is 18.3 Å². The van der Waals surface area contributed by atoms with Crippen LogP contribution in [0.3, 0.4) is 0 Å². The molecule has 1 unspecified atom stereocenters. The molecule has 1 amide bonds. The Hall–Kier alpha value is -1.23. The second-order valence-corrected chi connectivity index (χ2v) is 6.04. The molecule has 2 heterocycles. The van der Waals surface area contributed by atoms with E-state index >= 15 is 0 Å². The number of aryl methyl sites for hydroxylation is 1. The van der Waals surface area contributed by atoms with Gasteiger partial charge in [-0.25, -0.2) is 0 Å². The summed E-state index contributed by atoms with van der Waals surface area (Å²) < 4.78 is 5.66. The predicted octanol–water partition coefficient (Wildman–Crippen LogP) is 3.55. The number of carbonyl (C=O) groups is 1. The van der Waals surface area contributed by atoms with E-state index in [1.807, 2.05) is 13.0 Å². The molecule has 0 radical (unpaired) electrons. The zero-order valence-electron chi connectivity index (χ0n) is 12.4. The van der Waals surface area contributed by atoms with Crippen molar-refractivity contribution in [3.05, 3.63) is 34.5 Å². The highest BCUT2D eigenvalue weighted by Crippen LogP contribution is 2.27. The van der Waals surface area contributed by atoms with Crippen LogP contribution in [0.4, 0.5) is 0 Å². The van der Waals surface area contributed by atoms with E-state index in [2.05, 4.69) is 10.6 Å². The van der Waals surface area contributed by atoms with Crippen LogP contribution in [-0.2, 0) is 0 Å². The van der Waals surface area contributed by atoms with Gasteiger partial charge in [0.25, 0.3) is 5.91 Å². The Kier molecular flexibility index (Phi) is 5.73. The molecule has 3 rings (SSSR count). The van der Waals surface area contributed by atoms with Crippen LogP contribution in [0.5, 0.6) is 0 Å². The third-order valence-electron chi connectivity index (χ3n) is 4.10. The molecule has 4 nitrogen and oxygen atoms in total. The summed E-state index contributed by atoms with van der Waals surface area (Å²) in [6.45, 7) is 4.71. The number of rotatable bonds is 4. The van der Waals surface area contributed by atoms with Gasteiger partial charge in [0.1, 0.15) is 5.58 Å². The van der Waals surface area contributed by atoms with E-state index in [1.165, 1.54) is 6.42 Å². The third-order valence-corrected chi connectivity index (χ3v) is 4.34. The van der Waals surface area contributed by atoms with E-state index in [0.29, 0.717) is 28.8 Å². The van der Waals surface area contributed by atoms with Crippen LogP contribution in [0.15, 0.2) is 22.6 Å². The lowest BCUT2D eigenvalue weighted by Gasteiger charge is -2.08. The van der Waals surface area contributed by atoms with Crippen LogP contribution in [-0.4, -0.2) is 25.5 Å². The second-order valence-electron chi connectivity index (χ2n) is 5.60. The van der Waals surface area contributed by atoms with Crippen LogP contribution >= 0.6 is 24.0 Å². The van der Waals surface area contributed by atoms with Gasteiger partial charge in [0.15, 0.2) is 5.76 Å². The Morgan fingerprint density at radius 1 is 1.50 bits per heavy atom. The van der Waals surface area contributed by atoms with Crippen LogP contribution in [0.1, 0.15) is 29.0 Å². The van der Waals surface area contributed by atoms with Crippen LogP contribution < -0.4 is 10.6 Å². The number of fused-ring (bicyclic) bond motifs is 1. The minimum absolute atomic E-state index is 0. The summed E-state index contributed by atoms with van der Waals surface area (Å²) >= 11 is 5.99. The van der Waals surface area contributed by atoms with Crippen molar-refractivity contribution in [3.63, 3.8) is 0 Å². The highest BCUT2D eigenvalue weighted by Gasteiger charge is 2.19. The lowest BCUT2D eigenvalue weighted by atomic mass is 10.1. The first-order chi connectivity index (χ1) is 10.1. The maximum absolute atomic E-state index is 12.2. The summed E-state index contributed by atoms with van der Waals surface area (Å²) in [6.07, 6.45) is 2.20. The fourth-order valence-electron chi connectivity index (χ4n) is 2.84. The van der Waals surface area contributed by atoms with E-state index in [4.69, 9.17) is 16.0 Å². The fourth-order valence-corrected chi connectivity index (χ4v) is 3.01. The first-order valence-electron chi connectivity index (χ1n) is 7.32. The molecular formula is C16H20Cl2N2O2. The molecule has 0 saturated carbocycles. The monoisotopic (exact) mass is 342 g/mol. The van der Waals surface area contributed by atoms with Gasteiger partial charge in [-0.15, -0.1) is 12.4 Å². The molecule has 2 aromatic rings. The van der Waals surface area contributed by atoms with Crippen LogP contribution in [0.25, 0.3) is 11.0 Å². The van der Waals surface area contributed by atoms with Crippen molar-refractivity contribution in [2.24, 2.45) is 5.92 Å². The van der Waals surface area contributed by atoms with Gasteiger partial charge in [-0.05, 0) is 57.0 Å². The Morgan fingerprint density at radius 3 is 3.05 bits per heavy atom. The highest BCUT2D eigenvalue weighted by molar-refractivity contribution is 6.31. The van der Waals surface area contributed by atoms with Gasteiger partial charge in [-0.3, -0.25) is 4.79 Å². The molecule has 120 valence electrons. The van der Waals surface area contributed by atoms with Crippen LogP contribution in [0.2, 0.25) is 5.02 Å². The number of furan rings is 1. The van der Waals surface area contributed by atoms with Crippen molar-refractivity contribution in [1.29, 1.82) is 0 Å². The van der Waals surface area contributed by atoms with Gasteiger partial charge in [0, 0.05) is 22.5 Å². The second kappa shape index (κ2) is 7.36. The number of halogens is 2. The average molecular weight is 343 g/mol. The van der Waals surface area contributed by atoms with E-state index in [9.17, 15) is 4.79 Å². The number of hydrogen-bond acceptors (Lipinski definition) is 3.